The van der Waals surface area contributed by atoms with Crippen molar-refractivity contribution in [2.24, 2.45) is 0 Å². The maximum Gasteiger partial charge on any atom is 0.356 e. The van der Waals surface area contributed by atoms with Crippen LogP contribution >= 0.6 is 0 Å². The third kappa shape index (κ3) is 0.541. The van der Waals surface area contributed by atoms with Gasteiger partial charge in [0.25, 0.3) is 0 Å². The van der Waals surface area contributed by atoms with Gasteiger partial charge < -0.3 is 0 Å². The first-order chi connectivity index (χ1) is 4.76. The Labute approximate surface area is 57.6 Å². The van der Waals surface area contributed by atoms with Crippen LogP contribution in [0.25, 0.3) is 0 Å². The minimum Gasteiger partial charge on any atom is -0.294 e. The van der Waals surface area contributed by atoms with E-state index in [2.05, 4.69) is 0 Å². The number of rotatable bonds is 1. The van der Waals surface area contributed by atoms with E-state index in [-0.39, 0.29) is 11.0 Å². The highest BCUT2D eigenvalue weighted by Gasteiger charge is 2.68. The Morgan fingerprint density at radius 2 is 2.60 bits per heavy atom. The predicted octanol–water partition coefficient (Wildman–Crippen LogP) is 0.708. The zero-order chi connectivity index (χ0) is 7.19. The van der Waals surface area contributed by atoms with E-state index in [0.29, 0.717) is 6.42 Å². The minimum absolute atomic E-state index is 0.240. The van der Waals surface area contributed by atoms with Crippen LogP contribution in [-0.2, 0) is 4.74 Å². The second-order valence-electron chi connectivity index (χ2n) is 2.61. The highest BCUT2D eigenvalue weighted by atomic mass is 16.7. The highest BCUT2D eigenvalue weighted by molar-refractivity contribution is 5.12. The van der Waals surface area contributed by atoms with E-state index < -0.39 is 5.72 Å². The van der Waals surface area contributed by atoms with Crippen LogP contribution in [0.1, 0.15) is 12.8 Å². The number of nitro groups is 1. The molecule has 1 aliphatic heterocycles. The zero-order valence-electron chi connectivity index (χ0n) is 5.32. The molecule has 54 valence electrons. The van der Waals surface area contributed by atoms with Crippen molar-refractivity contribution in [2.75, 3.05) is 0 Å². The Hall–Kier alpha value is -0.900. The molecule has 1 heterocycles. The highest BCUT2D eigenvalue weighted by Crippen LogP contribution is 2.44. The van der Waals surface area contributed by atoms with Gasteiger partial charge in [-0.2, -0.15) is 0 Å². The standard InChI is InChI=1S/C6H7NO3/c8-7(9)6-4-2-1-3-5(6)10-6/h1,3,5H,2,4H2. The van der Waals surface area contributed by atoms with Gasteiger partial charge in [-0.1, -0.05) is 6.08 Å². The summed E-state index contributed by atoms with van der Waals surface area (Å²) in [5.41, 5.74) is -1.02. The van der Waals surface area contributed by atoms with E-state index in [0.717, 1.165) is 6.42 Å². The fraction of sp³-hybridized carbons (Fsp3) is 0.667. The summed E-state index contributed by atoms with van der Waals surface area (Å²) in [6.07, 6.45) is 4.75. The Kier molecular flexibility index (Phi) is 0.922. The van der Waals surface area contributed by atoms with Crippen LogP contribution in [-0.4, -0.2) is 16.8 Å². The first-order valence-corrected chi connectivity index (χ1v) is 3.25. The number of nitrogens with zero attached hydrogens (tertiary/aromatic N) is 1. The molecule has 4 nitrogen and oxygen atoms in total. The van der Waals surface area contributed by atoms with Gasteiger partial charge in [0.2, 0.25) is 0 Å². The zero-order valence-corrected chi connectivity index (χ0v) is 5.32. The van der Waals surface area contributed by atoms with Crippen molar-refractivity contribution in [1.82, 2.24) is 0 Å². The molecule has 2 rings (SSSR count). The van der Waals surface area contributed by atoms with Crippen LogP contribution < -0.4 is 0 Å². The lowest BCUT2D eigenvalue weighted by molar-refractivity contribution is -0.564. The molecular formula is C6H7NO3. The Morgan fingerprint density at radius 1 is 1.80 bits per heavy atom. The molecule has 1 saturated heterocycles. The quantitative estimate of drug-likeness (QED) is 0.234. The molecule has 2 unspecified atom stereocenters. The summed E-state index contributed by atoms with van der Waals surface area (Å²) >= 11 is 0. The fourth-order valence-electron chi connectivity index (χ4n) is 1.32. The summed E-state index contributed by atoms with van der Waals surface area (Å²) in [6.45, 7) is 0. The Morgan fingerprint density at radius 3 is 3.10 bits per heavy atom. The topological polar surface area (TPSA) is 55.7 Å². The van der Waals surface area contributed by atoms with Gasteiger partial charge in [-0.15, -0.1) is 0 Å². The van der Waals surface area contributed by atoms with Gasteiger partial charge in [0.1, 0.15) is 0 Å². The van der Waals surface area contributed by atoms with Crippen molar-refractivity contribution in [3.05, 3.63) is 22.3 Å². The fourth-order valence-corrected chi connectivity index (χ4v) is 1.32. The third-order valence-electron chi connectivity index (χ3n) is 2.01. The van der Waals surface area contributed by atoms with Gasteiger partial charge in [0.15, 0.2) is 6.10 Å². The second-order valence-corrected chi connectivity index (χ2v) is 2.61. The van der Waals surface area contributed by atoms with Crippen LogP contribution in [0, 0.1) is 10.1 Å². The van der Waals surface area contributed by atoms with Crippen LogP contribution in [0.4, 0.5) is 0 Å². The molecule has 0 radical (unpaired) electrons. The van der Waals surface area contributed by atoms with Gasteiger partial charge in [0.05, 0.1) is 11.3 Å². The molecule has 1 aliphatic carbocycles. The van der Waals surface area contributed by atoms with Gasteiger partial charge in [-0.05, 0) is 12.5 Å². The molecule has 0 bridgehead atoms. The number of allylic oxidation sites excluding steroid dienone is 1. The van der Waals surface area contributed by atoms with Crippen molar-refractivity contribution in [3.63, 3.8) is 0 Å². The third-order valence-corrected chi connectivity index (χ3v) is 2.01. The largest absolute Gasteiger partial charge is 0.356 e. The summed E-state index contributed by atoms with van der Waals surface area (Å²) in [5, 5.41) is 10.4. The lowest BCUT2D eigenvalue weighted by Crippen LogP contribution is -2.26. The molecule has 0 spiro atoms. The first-order valence-electron chi connectivity index (χ1n) is 3.25. The van der Waals surface area contributed by atoms with Gasteiger partial charge >= 0.3 is 5.72 Å². The molecule has 2 aliphatic rings. The molecule has 2 atom stereocenters. The average Bonchev–Trinajstić information content (AvgIpc) is 2.61. The minimum atomic E-state index is -1.02. The summed E-state index contributed by atoms with van der Waals surface area (Å²) in [4.78, 5) is 10.0. The Balaban J connectivity index is 2.22. The monoisotopic (exact) mass is 141 g/mol. The molecule has 1 fully saturated rings. The van der Waals surface area contributed by atoms with E-state index >= 15 is 0 Å². The summed E-state index contributed by atoms with van der Waals surface area (Å²) in [5.74, 6) is 0. The number of ether oxygens (including phenoxy) is 1. The SMILES string of the molecule is O=[N+]([O-])C12CCC=CC1O2. The van der Waals surface area contributed by atoms with E-state index in [1.807, 2.05) is 6.08 Å². The number of fused-ring (bicyclic) bond motifs is 1. The van der Waals surface area contributed by atoms with Crippen molar-refractivity contribution < 1.29 is 9.66 Å². The van der Waals surface area contributed by atoms with Gasteiger partial charge in [0, 0.05) is 0 Å². The maximum absolute atomic E-state index is 10.4. The maximum atomic E-state index is 10.4. The summed E-state index contributed by atoms with van der Waals surface area (Å²) in [7, 11) is 0. The Bertz CT molecular complexity index is 213. The van der Waals surface area contributed by atoms with Crippen LogP contribution in [0.2, 0.25) is 0 Å². The van der Waals surface area contributed by atoms with Crippen molar-refractivity contribution in [2.45, 2.75) is 24.7 Å². The lowest BCUT2D eigenvalue weighted by atomic mass is 10.0. The molecule has 0 N–H and O–H groups in total. The summed E-state index contributed by atoms with van der Waals surface area (Å²) < 4.78 is 4.94. The van der Waals surface area contributed by atoms with Gasteiger partial charge in [-0.3, -0.25) is 14.9 Å². The van der Waals surface area contributed by atoms with E-state index in [1.165, 1.54) is 0 Å². The lowest BCUT2D eigenvalue weighted by Gasteiger charge is -2.03. The smallest absolute Gasteiger partial charge is 0.294 e. The number of hydrogen-bond acceptors (Lipinski definition) is 3. The van der Waals surface area contributed by atoms with Crippen LogP contribution in [0.3, 0.4) is 0 Å². The van der Waals surface area contributed by atoms with Crippen LogP contribution in [0.15, 0.2) is 12.2 Å². The van der Waals surface area contributed by atoms with Crippen LogP contribution in [0.5, 0.6) is 0 Å². The molecule has 0 aromatic carbocycles. The van der Waals surface area contributed by atoms with Crippen molar-refractivity contribution in [3.8, 4) is 0 Å². The predicted molar refractivity (Wildman–Crippen MR) is 33.0 cm³/mol. The molecular weight excluding hydrogens is 134 g/mol. The number of epoxide rings is 1. The molecule has 4 heteroatoms. The molecule has 0 aromatic heterocycles. The molecule has 0 saturated carbocycles. The molecule has 0 amide bonds. The van der Waals surface area contributed by atoms with E-state index in [1.54, 1.807) is 6.08 Å². The van der Waals surface area contributed by atoms with E-state index in [4.69, 9.17) is 4.74 Å². The normalized spacial score (nSPS) is 42.6. The molecule has 0 aromatic rings. The van der Waals surface area contributed by atoms with Crippen molar-refractivity contribution in [1.29, 1.82) is 0 Å². The second kappa shape index (κ2) is 1.58. The molecule has 10 heavy (non-hydrogen) atoms. The van der Waals surface area contributed by atoms with Gasteiger partial charge in [-0.25, -0.2) is 0 Å². The average molecular weight is 141 g/mol. The first kappa shape index (κ1) is 5.85. The van der Waals surface area contributed by atoms with E-state index in [9.17, 15) is 10.1 Å². The summed E-state index contributed by atoms with van der Waals surface area (Å²) in [6, 6.07) is 0. The number of hydrogen-bond donors (Lipinski definition) is 0. The van der Waals surface area contributed by atoms with Crippen molar-refractivity contribution >= 4 is 0 Å².